The summed E-state index contributed by atoms with van der Waals surface area (Å²) in [5, 5.41) is 15.7. The molecule has 2 aliphatic rings. The second-order valence-corrected chi connectivity index (χ2v) is 5.46. The molecule has 1 heterocycles. The van der Waals surface area contributed by atoms with Crippen LogP contribution in [0.3, 0.4) is 0 Å². The lowest BCUT2D eigenvalue weighted by Crippen LogP contribution is -2.56. The van der Waals surface area contributed by atoms with Crippen LogP contribution in [0.25, 0.3) is 0 Å². The minimum absolute atomic E-state index is 0.00840. The van der Waals surface area contributed by atoms with Gasteiger partial charge < -0.3 is 20.5 Å². The van der Waals surface area contributed by atoms with Gasteiger partial charge in [-0.3, -0.25) is 4.79 Å². The number of amides is 1. The van der Waals surface area contributed by atoms with Gasteiger partial charge in [0.25, 0.3) is 0 Å². The maximum atomic E-state index is 11.9. The van der Waals surface area contributed by atoms with Crippen LogP contribution in [0.4, 0.5) is 0 Å². The van der Waals surface area contributed by atoms with E-state index in [0.29, 0.717) is 38.6 Å². The Balaban J connectivity index is 1.74. The van der Waals surface area contributed by atoms with E-state index in [0.717, 1.165) is 0 Å². The first-order chi connectivity index (χ1) is 8.74. The van der Waals surface area contributed by atoms with Crippen molar-refractivity contribution < 1.29 is 14.6 Å². The number of carbonyl (C=O) groups is 1. The van der Waals surface area contributed by atoms with Crippen molar-refractivity contribution in [3.8, 4) is 0 Å². The first-order valence-corrected chi connectivity index (χ1v) is 6.97. The Morgan fingerprint density at radius 3 is 2.56 bits per heavy atom. The van der Waals surface area contributed by atoms with Crippen molar-refractivity contribution in [1.29, 1.82) is 0 Å². The van der Waals surface area contributed by atoms with E-state index in [1.165, 1.54) is 25.7 Å². The van der Waals surface area contributed by atoms with Crippen molar-refractivity contribution in [1.82, 2.24) is 10.6 Å². The zero-order valence-electron chi connectivity index (χ0n) is 10.9. The normalized spacial score (nSPS) is 24.1. The Morgan fingerprint density at radius 2 is 1.94 bits per heavy atom. The standard InChI is InChI=1S/C13H24N2O3/c16-10-13(5-7-18-8-6-13)15-12(17)9-14-11-3-1-2-4-11/h11,14,16H,1-10H2,(H,15,17). The van der Waals surface area contributed by atoms with E-state index in [1.807, 2.05) is 0 Å². The van der Waals surface area contributed by atoms with E-state index < -0.39 is 5.54 Å². The molecule has 1 aliphatic heterocycles. The molecule has 104 valence electrons. The number of aliphatic hydroxyl groups excluding tert-OH is 1. The van der Waals surface area contributed by atoms with Gasteiger partial charge in [-0.05, 0) is 25.7 Å². The average Bonchev–Trinajstić information content (AvgIpc) is 2.91. The molecule has 2 rings (SSSR count). The highest BCUT2D eigenvalue weighted by Gasteiger charge is 2.33. The Labute approximate surface area is 108 Å². The fourth-order valence-corrected chi connectivity index (χ4v) is 2.79. The molecule has 1 saturated carbocycles. The first-order valence-electron chi connectivity index (χ1n) is 6.97. The number of hydrogen-bond donors (Lipinski definition) is 3. The summed E-state index contributed by atoms with van der Waals surface area (Å²) in [6, 6.07) is 0.496. The van der Waals surface area contributed by atoms with Gasteiger partial charge in [0.1, 0.15) is 0 Å². The van der Waals surface area contributed by atoms with Gasteiger partial charge in [-0.25, -0.2) is 0 Å². The summed E-state index contributed by atoms with van der Waals surface area (Å²) in [6.07, 6.45) is 6.25. The van der Waals surface area contributed by atoms with Crippen molar-refractivity contribution in [3.05, 3.63) is 0 Å². The van der Waals surface area contributed by atoms with Crippen LogP contribution in [0.15, 0.2) is 0 Å². The monoisotopic (exact) mass is 256 g/mol. The molecule has 18 heavy (non-hydrogen) atoms. The predicted molar refractivity (Wildman–Crippen MR) is 68.3 cm³/mol. The SMILES string of the molecule is O=C(CNC1CCCC1)NC1(CO)CCOCC1. The van der Waals surface area contributed by atoms with Gasteiger partial charge in [-0.15, -0.1) is 0 Å². The van der Waals surface area contributed by atoms with Crippen LogP contribution in [0.2, 0.25) is 0 Å². The molecule has 0 bridgehead atoms. The zero-order valence-corrected chi connectivity index (χ0v) is 10.9. The summed E-state index contributed by atoms with van der Waals surface area (Å²) in [4.78, 5) is 11.9. The van der Waals surface area contributed by atoms with Crippen molar-refractivity contribution in [2.24, 2.45) is 0 Å². The van der Waals surface area contributed by atoms with Crippen molar-refractivity contribution in [2.75, 3.05) is 26.4 Å². The summed E-state index contributed by atoms with van der Waals surface area (Å²) in [6.45, 7) is 1.56. The summed E-state index contributed by atoms with van der Waals surface area (Å²) >= 11 is 0. The molecule has 0 aromatic carbocycles. The molecule has 0 atom stereocenters. The number of ether oxygens (including phenoxy) is 1. The lowest BCUT2D eigenvalue weighted by molar-refractivity contribution is -0.124. The van der Waals surface area contributed by atoms with Gasteiger partial charge in [-0.2, -0.15) is 0 Å². The molecule has 1 saturated heterocycles. The molecule has 3 N–H and O–H groups in total. The van der Waals surface area contributed by atoms with Crippen molar-refractivity contribution in [2.45, 2.75) is 50.1 Å². The first kappa shape index (κ1) is 13.8. The van der Waals surface area contributed by atoms with Crippen LogP contribution in [-0.4, -0.2) is 49.0 Å². The Hall–Kier alpha value is -0.650. The number of hydrogen-bond acceptors (Lipinski definition) is 4. The molecule has 1 amide bonds. The number of aliphatic hydroxyl groups is 1. The molecular formula is C13H24N2O3. The molecular weight excluding hydrogens is 232 g/mol. The summed E-state index contributed by atoms with van der Waals surface area (Å²) in [5.74, 6) is -0.0159. The van der Waals surface area contributed by atoms with Crippen LogP contribution < -0.4 is 10.6 Å². The third-order valence-electron chi connectivity index (χ3n) is 4.06. The smallest absolute Gasteiger partial charge is 0.234 e. The van der Waals surface area contributed by atoms with Gasteiger partial charge in [0.05, 0.1) is 18.7 Å². The van der Waals surface area contributed by atoms with Crippen LogP contribution in [0.5, 0.6) is 0 Å². The number of nitrogens with one attached hydrogen (secondary N) is 2. The molecule has 0 spiro atoms. The lowest BCUT2D eigenvalue weighted by Gasteiger charge is -2.36. The third-order valence-corrected chi connectivity index (χ3v) is 4.06. The molecule has 5 heteroatoms. The molecule has 0 radical (unpaired) electrons. The minimum Gasteiger partial charge on any atom is -0.394 e. The molecule has 0 aromatic rings. The second-order valence-electron chi connectivity index (χ2n) is 5.46. The molecule has 5 nitrogen and oxygen atoms in total. The Bertz CT molecular complexity index is 271. The number of rotatable bonds is 5. The van der Waals surface area contributed by atoms with Gasteiger partial charge in [0, 0.05) is 19.3 Å². The summed E-state index contributed by atoms with van der Waals surface area (Å²) < 4.78 is 5.27. The minimum atomic E-state index is -0.466. The van der Waals surface area contributed by atoms with E-state index in [2.05, 4.69) is 10.6 Å². The highest BCUT2D eigenvalue weighted by molar-refractivity contribution is 5.79. The Morgan fingerprint density at radius 1 is 1.28 bits per heavy atom. The van der Waals surface area contributed by atoms with Gasteiger partial charge in [0.15, 0.2) is 0 Å². The van der Waals surface area contributed by atoms with Gasteiger partial charge >= 0.3 is 0 Å². The summed E-state index contributed by atoms with van der Waals surface area (Å²) in [7, 11) is 0. The van der Waals surface area contributed by atoms with E-state index in [9.17, 15) is 9.90 Å². The van der Waals surface area contributed by atoms with E-state index in [4.69, 9.17) is 4.74 Å². The van der Waals surface area contributed by atoms with E-state index >= 15 is 0 Å². The average molecular weight is 256 g/mol. The quantitative estimate of drug-likeness (QED) is 0.656. The van der Waals surface area contributed by atoms with Crippen LogP contribution in [0, 0.1) is 0 Å². The molecule has 2 fully saturated rings. The van der Waals surface area contributed by atoms with Crippen LogP contribution >= 0.6 is 0 Å². The van der Waals surface area contributed by atoms with Crippen molar-refractivity contribution in [3.63, 3.8) is 0 Å². The topological polar surface area (TPSA) is 70.6 Å². The third kappa shape index (κ3) is 3.67. The van der Waals surface area contributed by atoms with Crippen LogP contribution in [0.1, 0.15) is 38.5 Å². The molecule has 0 unspecified atom stereocenters. The molecule has 1 aliphatic carbocycles. The predicted octanol–water partition coefficient (Wildman–Crippen LogP) is 0.176. The summed E-state index contributed by atoms with van der Waals surface area (Å²) in [5.41, 5.74) is -0.466. The highest BCUT2D eigenvalue weighted by atomic mass is 16.5. The molecule has 0 aromatic heterocycles. The van der Waals surface area contributed by atoms with Crippen LogP contribution in [-0.2, 0) is 9.53 Å². The lowest BCUT2D eigenvalue weighted by atomic mass is 9.91. The maximum Gasteiger partial charge on any atom is 0.234 e. The van der Waals surface area contributed by atoms with E-state index in [-0.39, 0.29) is 12.5 Å². The number of carbonyl (C=O) groups excluding carboxylic acids is 1. The zero-order chi connectivity index (χ0) is 12.8. The fraction of sp³-hybridized carbons (Fsp3) is 0.923. The maximum absolute atomic E-state index is 11.9. The van der Waals surface area contributed by atoms with Gasteiger partial charge in [0.2, 0.25) is 5.91 Å². The fourth-order valence-electron chi connectivity index (χ4n) is 2.79. The highest BCUT2D eigenvalue weighted by Crippen LogP contribution is 2.20. The van der Waals surface area contributed by atoms with Gasteiger partial charge in [-0.1, -0.05) is 12.8 Å². The largest absolute Gasteiger partial charge is 0.394 e. The van der Waals surface area contributed by atoms with E-state index in [1.54, 1.807) is 0 Å². The van der Waals surface area contributed by atoms with Crippen molar-refractivity contribution >= 4 is 5.91 Å². The second kappa shape index (κ2) is 6.50. The Kier molecular flexibility index (Phi) is 4.97.